The van der Waals surface area contributed by atoms with E-state index in [-0.39, 0.29) is 54.5 Å². The smallest absolute Gasteiger partial charge is 0.323 e. The minimum absolute atomic E-state index is 0.0316. The van der Waals surface area contributed by atoms with Crippen LogP contribution < -0.4 is 0 Å². The number of hydrogen-bond acceptors (Lipinski definition) is 24. The van der Waals surface area contributed by atoms with Gasteiger partial charge in [0.25, 0.3) is 0 Å². The maximum atomic E-state index is 15.6. The molecule has 0 saturated carbocycles. The van der Waals surface area contributed by atoms with Gasteiger partial charge in [0, 0.05) is 56.1 Å². The van der Waals surface area contributed by atoms with Gasteiger partial charge in [-0.1, -0.05) is 0 Å². The summed E-state index contributed by atoms with van der Waals surface area (Å²) in [4.78, 5) is 95.4. The zero-order valence-corrected chi connectivity index (χ0v) is 50.8. The van der Waals surface area contributed by atoms with E-state index < -0.39 is 185 Å². The number of allylic oxidation sites excluding steroid dienone is 2. The molecule has 6 saturated heterocycles. The van der Waals surface area contributed by atoms with Crippen molar-refractivity contribution in [3.8, 4) is 5.75 Å². The van der Waals surface area contributed by atoms with Crippen molar-refractivity contribution in [2.75, 3.05) is 7.11 Å². The molecule has 6 heterocycles. The van der Waals surface area contributed by atoms with Gasteiger partial charge in [0.2, 0.25) is 11.6 Å². The van der Waals surface area contributed by atoms with Crippen LogP contribution in [0.5, 0.6) is 5.75 Å². The zero-order valence-electron chi connectivity index (χ0n) is 50.8. The van der Waals surface area contributed by atoms with Crippen LogP contribution in [0.3, 0.4) is 0 Å². The number of aliphatic hydroxyl groups excluding tert-OH is 2. The lowest BCUT2D eigenvalue weighted by molar-refractivity contribution is -0.316. The Labute approximate surface area is 503 Å². The van der Waals surface area contributed by atoms with Gasteiger partial charge in [-0.05, 0) is 119 Å². The normalized spacial score (nSPS) is 39.3. The largest absolute Gasteiger partial charge is 0.508 e. The quantitative estimate of drug-likeness (QED) is 0.0806. The molecule has 87 heavy (non-hydrogen) atoms. The summed E-state index contributed by atoms with van der Waals surface area (Å²) in [5.74, 6) is -10.3. The number of benzene rings is 1. The summed E-state index contributed by atoms with van der Waals surface area (Å²) < 4.78 is 87.0. The van der Waals surface area contributed by atoms with Crippen molar-refractivity contribution < 1.29 is 120 Å². The monoisotopic (exact) mass is 1230 g/mol. The van der Waals surface area contributed by atoms with Gasteiger partial charge < -0.3 is 86.7 Å². The molecule has 10 rings (SSSR count). The lowest BCUT2D eigenvalue weighted by Crippen LogP contribution is -2.65. The predicted molar refractivity (Wildman–Crippen MR) is 296 cm³/mol. The van der Waals surface area contributed by atoms with Crippen molar-refractivity contribution in [1.82, 2.24) is 0 Å². The number of carboxylic acid groups (broad SMARTS) is 1. The lowest BCUT2D eigenvalue weighted by Gasteiger charge is -2.51. The fraction of sp³-hybridized carbons (Fsp3) is 0.726. The summed E-state index contributed by atoms with van der Waals surface area (Å²) in [7, 11) is 1.21. The van der Waals surface area contributed by atoms with Crippen LogP contribution >= 0.6 is 0 Å². The Kier molecular flexibility index (Phi) is 19.4. The third-order valence-electron chi connectivity index (χ3n) is 18.6. The Morgan fingerprint density at radius 1 is 0.598 bits per heavy atom. The molecule has 25 heteroatoms. The molecule has 1 aromatic rings. The number of phenolic OH excluding ortho intramolecular Hbond substituents is 1. The van der Waals surface area contributed by atoms with Crippen molar-refractivity contribution in [3.63, 3.8) is 0 Å². The van der Waals surface area contributed by atoms with E-state index in [0.717, 1.165) is 13.0 Å². The van der Waals surface area contributed by atoms with Gasteiger partial charge in [0.05, 0.1) is 85.4 Å². The van der Waals surface area contributed by atoms with Crippen LogP contribution in [0.2, 0.25) is 0 Å². The maximum absolute atomic E-state index is 15.6. The molecule has 4 N–H and O–H groups in total. The van der Waals surface area contributed by atoms with Crippen molar-refractivity contribution in [2.45, 2.75) is 268 Å². The number of hydrogen-bond donors (Lipinski definition) is 4. The Morgan fingerprint density at radius 2 is 1.03 bits per heavy atom. The summed E-state index contributed by atoms with van der Waals surface area (Å²) >= 11 is 0. The van der Waals surface area contributed by atoms with Crippen molar-refractivity contribution >= 4 is 40.9 Å². The molecule has 21 unspecified atom stereocenters. The Balaban J connectivity index is 0.781. The molecule has 480 valence electrons. The van der Waals surface area contributed by atoms with E-state index in [0.29, 0.717) is 64.2 Å². The SMILES string of the molecule is COC1=CC(=O)c2c(cc3c(c2O)C(=O)C2(OC4CCC(OC5CCC(O)C(C)O5)C(C)O4)C(O)=C(C(C)=O)C(=O)C(OC4CCC(OC5CCC(OC6CCC(OC7CCC(OC(=O)C(C)(C)C(=O)O)C(C)O7)C(C)O6)C(C)O5)C(C)O4)C2C3)C1=O. The highest BCUT2D eigenvalue weighted by Crippen LogP contribution is 2.53. The van der Waals surface area contributed by atoms with Crippen molar-refractivity contribution in [3.05, 3.63) is 51.5 Å². The molecule has 0 amide bonds. The number of carbonyl (C=O) groups is 7. The van der Waals surface area contributed by atoms with Gasteiger partial charge in [-0.3, -0.25) is 33.6 Å². The van der Waals surface area contributed by atoms with Crippen molar-refractivity contribution in [2.24, 2.45) is 11.3 Å². The number of rotatable bonds is 17. The molecule has 0 radical (unpaired) electrons. The van der Waals surface area contributed by atoms with Gasteiger partial charge in [0.1, 0.15) is 29.3 Å². The van der Waals surface area contributed by atoms with Gasteiger partial charge in [-0.15, -0.1) is 0 Å². The molecular formula is C62H82O25. The van der Waals surface area contributed by atoms with E-state index in [9.17, 15) is 49.2 Å². The Morgan fingerprint density at radius 3 is 1.48 bits per heavy atom. The average molecular weight is 1230 g/mol. The number of esters is 1. The standard InChI is InChI=1S/C62H82O25/c1-26(63)50-55(68)56(35-24-33-23-34-52(37(65)25-43(74-10)53(34)66)54(67)51(33)58(70)62(35,57(50)69)87-49-22-16-41(31(6)80-49)81-44-17-11-36(64)27(2)75-44)86-48-21-14-40(30(5)79-48)84-46-19-12-38(28(3)77-46)82-45-18-13-39(29(4)76-45)83-47-20-15-42(32(7)78-47)85-60(73)61(8,9)59(71)72/h23,25,27-32,35-36,38-42,44-49,56,64,67,69H,11-22,24H2,1-10H3,(H,71,72). The summed E-state index contributed by atoms with van der Waals surface area (Å²) in [6, 6.07) is 1.28. The first-order valence-corrected chi connectivity index (χ1v) is 30.5. The Bertz CT molecular complexity index is 2900. The summed E-state index contributed by atoms with van der Waals surface area (Å²) in [5, 5.41) is 44.0. The third-order valence-corrected chi connectivity index (χ3v) is 18.6. The highest BCUT2D eigenvalue weighted by molar-refractivity contribution is 6.28. The fourth-order valence-electron chi connectivity index (χ4n) is 13.3. The average Bonchev–Trinajstić information content (AvgIpc) is 0.710. The minimum Gasteiger partial charge on any atom is -0.508 e. The number of aliphatic carboxylic acids is 1. The molecule has 21 atom stereocenters. The number of Topliss-reactive ketones (excluding diaryl/α,β-unsaturated/α-hetero) is 4. The number of ketones is 5. The number of fused-ring (bicyclic) bond motifs is 3. The minimum atomic E-state index is -2.65. The van der Waals surface area contributed by atoms with E-state index in [1.807, 2.05) is 13.8 Å². The first-order valence-electron chi connectivity index (χ1n) is 30.5. The summed E-state index contributed by atoms with van der Waals surface area (Å²) in [5.41, 5.74) is -6.28. The molecule has 3 aliphatic carbocycles. The van der Waals surface area contributed by atoms with Gasteiger partial charge in [-0.25, -0.2) is 0 Å². The number of methoxy groups -OCH3 is 1. The second kappa shape index (κ2) is 26.0. The van der Waals surface area contributed by atoms with Gasteiger partial charge in [0.15, 0.2) is 71.9 Å². The molecular weight excluding hydrogens is 1140 g/mol. The molecule has 1 aromatic carbocycles. The van der Waals surface area contributed by atoms with E-state index in [1.165, 1.54) is 27.0 Å². The Hall–Kier alpha value is -5.13. The van der Waals surface area contributed by atoms with Crippen LogP contribution in [0, 0.1) is 11.3 Å². The van der Waals surface area contributed by atoms with Crippen LogP contribution in [0.25, 0.3) is 0 Å². The van der Waals surface area contributed by atoms with Crippen LogP contribution in [-0.4, -0.2) is 191 Å². The molecule has 25 nitrogen and oxygen atoms in total. The van der Waals surface area contributed by atoms with E-state index in [2.05, 4.69) is 0 Å². The molecule has 0 aromatic heterocycles. The van der Waals surface area contributed by atoms with Crippen LogP contribution in [-0.2, 0) is 91.9 Å². The van der Waals surface area contributed by atoms with E-state index in [1.54, 1.807) is 27.7 Å². The first-order chi connectivity index (χ1) is 41.2. The predicted octanol–water partition coefficient (Wildman–Crippen LogP) is 5.86. The van der Waals surface area contributed by atoms with Gasteiger partial charge >= 0.3 is 11.9 Å². The number of carboxylic acids is 1. The van der Waals surface area contributed by atoms with Crippen LogP contribution in [0.1, 0.15) is 176 Å². The topological polar surface area (TPSA) is 330 Å². The van der Waals surface area contributed by atoms with E-state index >= 15 is 4.79 Å². The molecule has 6 aliphatic heterocycles. The number of ether oxygens (including phenoxy) is 14. The number of phenols is 1. The van der Waals surface area contributed by atoms with E-state index in [4.69, 9.17) is 66.3 Å². The highest BCUT2D eigenvalue weighted by atomic mass is 16.8. The molecule has 6 fully saturated rings. The molecule has 0 bridgehead atoms. The molecule has 9 aliphatic rings. The van der Waals surface area contributed by atoms with Crippen molar-refractivity contribution in [1.29, 1.82) is 0 Å². The zero-order chi connectivity index (χ0) is 62.7. The summed E-state index contributed by atoms with van der Waals surface area (Å²) in [6.07, 6.45) is -7.08. The third kappa shape index (κ3) is 12.8. The fourth-order valence-corrected chi connectivity index (χ4v) is 13.3. The van der Waals surface area contributed by atoms with Crippen LogP contribution in [0.4, 0.5) is 0 Å². The second-order valence-corrected chi connectivity index (χ2v) is 25.0. The number of aliphatic hydroxyl groups is 2. The number of aromatic hydroxyl groups is 1. The first kappa shape index (κ1) is 64.8. The van der Waals surface area contributed by atoms with Gasteiger partial charge in [-0.2, -0.15) is 0 Å². The van der Waals surface area contributed by atoms with Crippen LogP contribution in [0.15, 0.2) is 29.2 Å². The lowest BCUT2D eigenvalue weighted by atomic mass is 9.62. The highest BCUT2D eigenvalue weighted by Gasteiger charge is 2.66. The molecule has 0 spiro atoms. The second-order valence-electron chi connectivity index (χ2n) is 25.0. The summed E-state index contributed by atoms with van der Waals surface area (Å²) in [6.45, 7) is 14.5. The maximum Gasteiger partial charge on any atom is 0.323 e. The number of carbonyl (C=O) groups excluding carboxylic acids is 6.